The second kappa shape index (κ2) is 8.00. The van der Waals surface area contributed by atoms with Gasteiger partial charge in [-0.1, -0.05) is 17.8 Å². The van der Waals surface area contributed by atoms with Gasteiger partial charge in [0.25, 0.3) is 0 Å². The number of methoxy groups -OCH3 is 1. The molecule has 0 saturated heterocycles. The number of hydrogen-bond acceptors (Lipinski definition) is 5. The highest BCUT2D eigenvalue weighted by molar-refractivity contribution is 7.99. The molecular weight excluding hydrogens is 343 g/mol. The van der Waals surface area contributed by atoms with Crippen LogP contribution in [0.4, 0.5) is 13.2 Å². The van der Waals surface area contributed by atoms with E-state index in [0.29, 0.717) is 17.5 Å². The summed E-state index contributed by atoms with van der Waals surface area (Å²) in [5.74, 6) is 0.286. The summed E-state index contributed by atoms with van der Waals surface area (Å²) >= 11 is 1.06. The van der Waals surface area contributed by atoms with Crippen LogP contribution in [0.1, 0.15) is 11.1 Å². The molecular formula is C15H14F3N3O2S. The summed E-state index contributed by atoms with van der Waals surface area (Å²) in [6.45, 7) is 0.302. The van der Waals surface area contributed by atoms with Crippen LogP contribution >= 0.6 is 11.8 Å². The SMILES string of the molecule is COc1ccc(CNC(=O)CSc2ccc(C(F)(F)F)cn2)cn1. The number of halogens is 3. The van der Waals surface area contributed by atoms with Gasteiger partial charge >= 0.3 is 6.18 Å². The molecule has 0 atom stereocenters. The lowest BCUT2D eigenvalue weighted by Crippen LogP contribution is -2.24. The summed E-state index contributed by atoms with van der Waals surface area (Å²) in [6, 6.07) is 5.64. The number of hydrogen-bond donors (Lipinski definition) is 1. The molecule has 0 radical (unpaired) electrons. The lowest BCUT2D eigenvalue weighted by Gasteiger charge is -2.07. The number of carbonyl (C=O) groups excluding carboxylic acids is 1. The number of carbonyl (C=O) groups is 1. The maximum absolute atomic E-state index is 12.4. The number of ether oxygens (including phenoxy) is 1. The quantitative estimate of drug-likeness (QED) is 0.806. The predicted octanol–water partition coefficient (Wildman–Crippen LogP) is 2.91. The van der Waals surface area contributed by atoms with Gasteiger partial charge in [-0.2, -0.15) is 13.2 Å². The van der Waals surface area contributed by atoms with E-state index in [1.54, 1.807) is 18.3 Å². The van der Waals surface area contributed by atoms with Crippen molar-refractivity contribution in [3.05, 3.63) is 47.8 Å². The largest absolute Gasteiger partial charge is 0.481 e. The molecule has 2 aromatic rings. The van der Waals surface area contributed by atoms with E-state index < -0.39 is 11.7 Å². The average Bonchev–Trinajstić information content (AvgIpc) is 2.58. The molecule has 9 heteroatoms. The van der Waals surface area contributed by atoms with Gasteiger partial charge in [-0.25, -0.2) is 9.97 Å². The minimum atomic E-state index is -4.42. The van der Waals surface area contributed by atoms with Crippen LogP contribution in [-0.4, -0.2) is 28.7 Å². The van der Waals surface area contributed by atoms with E-state index in [2.05, 4.69) is 15.3 Å². The van der Waals surface area contributed by atoms with Crippen molar-refractivity contribution in [2.45, 2.75) is 17.7 Å². The molecule has 0 fully saturated rings. The van der Waals surface area contributed by atoms with Crippen LogP contribution in [0.25, 0.3) is 0 Å². The smallest absolute Gasteiger partial charge is 0.417 e. The van der Waals surface area contributed by atoms with Crippen molar-refractivity contribution in [2.75, 3.05) is 12.9 Å². The number of nitrogens with zero attached hydrogens (tertiary/aromatic N) is 2. The van der Waals surface area contributed by atoms with Crippen LogP contribution < -0.4 is 10.1 Å². The number of amides is 1. The highest BCUT2D eigenvalue weighted by Gasteiger charge is 2.30. The summed E-state index contributed by atoms with van der Waals surface area (Å²) in [6.07, 6.45) is -2.08. The van der Waals surface area contributed by atoms with E-state index in [-0.39, 0.29) is 11.7 Å². The summed E-state index contributed by atoms with van der Waals surface area (Å²) < 4.78 is 42.2. The Morgan fingerprint density at radius 2 is 2.00 bits per heavy atom. The Bertz CT molecular complexity index is 676. The first kappa shape index (κ1) is 18.1. The Morgan fingerprint density at radius 1 is 1.21 bits per heavy atom. The molecule has 128 valence electrons. The molecule has 1 N–H and O–H groups in total. The van der Waals surface area contributed by atoms with Gasteiger partial charge in [-0.15, -0.1) is 0 Å². The fourth-order valence-electron chi connectivity index (χ4n) is 1.66. The zero-order chi connectivity index (χ0) is 17.6. The third-order valence-electron chi connectivity index (χ3n) is 2.91. The minimum Gasteiger partial charge on any atom is -0.481 e. The molecule has 24 heavy (non-hydrogen) atoms. The standard InChI is InChI=1S/C15H14F3N3O2S/c1-23-13-4-2-10(7-20-13)6-19-12(22)9-24-14-5-3-11(8-21-14)15(16,17)18/h2-5,7-8H,6,9H2,1H3,(H,19,22). The zero-order valence-corrected chi connectivity index (χ0v) is 13.4. The molecule has 5 nitrogen and oxygen atoms in total. The van der Waals surface area contributed by atoms with Crippen molar-refractivity contribution in [1.82, 2.24) is 15.3 Å². The van der Waals surface area contributed by atoms with Gasteiger partial charge in [-0.05, 0) is 17.7 Å². The number of thioether (sulfide) groups is 1. The lowest BCUT2D eigenvalue weighted by atomic mass is 10.3. The summed E-state index contributed by atoms with van der Waals surface area (Å²) in [4.78, 5) is 19.5. The Balaban J connectivity index is 1.78. The fourth-order valence-corrected chi connectivity index (χ4v) is 2.33. The van der Waals surface area contributed by atoms with Crippen molar-refractivity contribution < 1.29 is 22.7 Å². The van der Waals surface area contributed by atoms with Crippen LogP contribution in [0.2, 0.25) is 0 Å². The normalized spacial score (nSPS) is 11.2. The van der Waals surface area contributed by atoms with E-state index >= 15 is 0 Å². The first-order valence-corrected chi connectivity index (χ1v) is 7.78. The summed E-state index contributed by atoms with van der Waals surface area (Å²) in [7, 11) is 1.51. The van der Waals surface area contributed by atoms with Crippen molar-refractivity contribution in [2.24, 2.45) is 0 Å². The number of rotatable bonds is 6. The Hall–Kier alpha value is -2.29. The molecule has 0 unspecified atom stereocenters. The molecule has 2 rings (SSSR count). The number of aromatic nitrogens is 2. The van der Waals surface area contributed by atoms with Crippen LogP contribution in [0, 0.1) is 0 Å². The predicted molar refractivity (Wildman–Crippen MR) is 82.6 cm³/mol. The van der Waals surface area contributed by atoms with Crippen LogP contribution in [0.3, 0.4) is 0 Å². The number of pyridine rings is 2. The average molecular weight is 357 g/mol. The maximum Gasteiger partial charge on any atom is 0.417 e. The van der Waals surface area contributed by atoms with Gasteiger partial charge in [0.05, 0.1) is 23.5 Å². The Kier molecular flexibility index (Phi) is 6.02. The maximum atomic E-state index is 12.4. The third-order valence-corrected chi connectivity index (χ3v) is 3.86. The van der Waals surface area contributed by atoms with Gasteiger partial charge in [0.15, 0.2) is 0 Å². The highest BCUT2D eigenvalue weighted by Crippen LogP contribution is 2.29. The molecule has 0 bridgehead atoms. The molecule has 0 aliphatic carbocycles. The van der Waals surface area contributed by atoms with E-state index in [9.17, 15) is 18.0 Å². The first-order valence-electron chi connectivity index (χ1n) is 6.80. The van der Waals surface area contributed by atoms with Crippen LogP contribution in [0.15, 0.2) is 41.7 Å². The highest BCUT2D eigenvalue weighted by atomic mass is 32.2. The van der Waals surface area contributed by atoms with Crippen LogP contribution in [0.5, 0.6) is 5.88 Å². The second-order valence-corrected chi connectivity index (χ2v) is 5.65. The lowest BCUT2D eigenvalue weighted by molar-refractivity contribution is -0.137. The summed E-state index contributed by atoms with van der Waals surface area (Å²) in [5.41, 5.74) is -0.00916. The molecule has 0 saturated carbocycles. The zero-order valence-electron chi connectivity index (χ0n) is 12.6. The van der Waals surface area contributed by atoms with Gasteiger partial charge in [-0.3, -0.25) is 4.79 Å². The Morgan fingerprint density at radius 3 is 2.54 bits per heavy atom. The topological polar surface area (TPSA) is 64.1 Å². The van der Waals surface area contributed by atoms with E-state index in [4.69, 9.17) is 4.74 Å². The van der Waals surface area contributed by atoms with Crippen molar-refractivity contribution >= 4 is 17.7 Å². The fraction of sp³-hybridized carbons (Fsp3) is 0.267. The number of nitrogens with one attached hydrogen (secondary N) is 1. The second-order valence-electron chi connectivity index (χ2n) is 4.66. The van der Waals surface area contributed by atoms with Gasteiger partial charge < -0.3 is 10.1 Å². The Labute approximate surface area is 140 Å². The van der Waals surface area contributed by atoms with Crippen molar-refractivity contribution in [3.8, 4) is 5.88 Å². The molecule has 2 heterocycles. The molecule has 0 spiro atoms. The van der Waals surface area contributed by atoms with E-state index in [1.165, 1.54) is 13.2 Å². The van der Waals surface area contributed by atoms with Crippen molar-refractivity contribution in [1.29, 1.82) is 0 Å². The third kappa shape index (κ3) is 5.41. The van der Waals surface area contributed by atoms with Crippen molar-refractivity contribution in [3.63, 3.8) is 0 Å². The molecule has 0 aromatic carbocycles. The molecule has 0 aliphatic rings. The van der Waals surface area contributed by atoms with Crippen LogP contribution in [-0.2, 0) is 17.5 Å². The van der Waals surface area contributed by atoms with E-state index in [1.807, 2.05) is 0 Å². The van der Waals surface area contributed by atoms with Gasteiger partial charge in [0.2, 0.25) is 11.8 Å². The minimum absolute atomic E-state index is 0.0575. The van der Waals surface area contributed by atoms with Gasteiger partial charge in [0, 0.05) is 25.0 Å². The molecule has 2 aromatic heterocycles. The molecule has 1 amide bonds. The monoisotopic (exact) mass is 357 g/mol. The van der Waals surface area contributed by atoms with E-state index in [0.717, 1.165) is 29.6 Å². The number of alkyl halides is 3. The first-order chi connectivity index (χ1) is 11.4. The molecule has 0 aliphatic heterocycles. The van der Waals surface area contributed by atoms with Gasteiger partial charge in [0.1, 0.15) is 0 Å². The summed E-state index contributed by atoms with van der Waals surface area (Å²) in [5, 5.41) is 3.05.